The lowest BCUT2D eigenvalue weighted by Crippen LogP contribution is -2.49. The number of carbonyl (C=O) groups excluding carboxylic acids is 3. The van der Waals surface area contributed by atoms with Gasteiger partial charge in [0.25, 0.3) is 0 Å². The van der Waals surface area contributed by atoms with Crippen LogP contribution >= 0.6 is 0 Å². The third kappa shape index (κ3) is 4.22. The number of ether oxygens (including phenoxy) is 2. The molecule has 108 valence electrons. The van der Waals surface area contributed by atoms with Crippen molar-refractivity contribution in [1.82, 2.24) is 4.90 Å². The molecule has 1 aliphatic rings. The minimum atomic E-state index is -0.888. The van der Waals surface area contributed by atoms with Gasteiger partial charge in [0, 0.05) is 6.54 Å². The molecule has 0 bridgehead atoms. The maximum Gasteiger partial charge on any atom is 0.417 e. The highest BCUT2D eigenvalue weighted by molar-refractivity contribution is 6.04. The first-order valence-electron chi connectivity index (χ1n) is 6.47. The molecule has 6 nitrogen and oxygen atoms in total. The number of hydrogen-bond acceptors (Lipinski definition) is 5. The number of rotatable bonds is 2. The number of amides is 2. The highest BCUT2D eigenvalue weighted by atomic mass is 16.6. The fraction of sp³-hybridized carbons (Fsp3) is 0.769. The summed E-state index contributed by atoms with van der Waals surface area (Å²) in [6, 6.07) is 0. The average Bonchev–Trinajstić information content (AvgIpc) is 2.27. The van der Waals surface area contributed by atoms with E-state index in [0.29, 0.717) is 12.8 Å². The fourth-order valence-electron chi connectivity index (χ4n) is 1.84. The van der Waals surface area contributed by atoms with Crippen LogP contribution in [0.5, 0.6) is 0 Å². The van der Waals surface area contributed by atoms with E-state index in [1.807, 2.05) is 0 Å². The fourth-order valence-corrected chi connectivity index (χ4v) is 1.84. The molecule has 0 N–H and O–H groups in total. The highest BCUT2D eigenvalue weighted by Gasteiger charge is 2.39. The molecular weight excluding hydrogens is 250 g/mol. The van der Waals surface area contributed by atoms with Crippen LogP contribution in [-0.4, -0.2) is 41.6 Å². The van der Waals surface area contributed by atoms with Crippen molar-refractivity contribution in [2.75, 3.05) is 13.2 Å². The van der Waals surface area contributed by atoms with Crippen molar-refractivity contribution in [3.8, 4) is 0 Å². The van der Waals surface area contributed by atoms with E-state index in [0.717, 1.165) is 4.90 Å². The van der Waals surface area contributed by atoms with Crippen molar-refractivity contribution in [3.63, 3.8) is 0 Å². The molecule has 0 aromatic heterocycles. The molecule has 0 aromatic carbocycles. The molecule has 6 heteroatoms. The number of likely N-dealkylation sites (tertiary alicyclic amines) is 1. The van der Waals surface area contributed by atoms with E-state index in [2.05, 4.69) is 0 Å². The van der Waals surface area contributed by atoms with Gasteiger partial charge in [-0.2, -0.15) is 0 Å². The summed E-state index contributed by atoms with van der Waals surface area (Å²) in [4.78, 5) is 36.6. The lowest BCUT2D eigenvalue weighted by atomic mass is 9.97. The SMILES string of the molecule is CCOC(=O)C1CCCN(C(=O)OC(C)(C)C)C1=O. The number of carbonyl (C=O) groups is 3. The van der Waals surface area contributed by atoms with Crippen molar-refractivity contribution in [1.29, 1.82) is 0 Å². The zero-order valence-electron chi connectivity index (χ0n) is 11.9. The Morgan fingerprint density at radius 1 is 1.37 bits per heavy atom. The summed E-state index contributed by atoms with van der Waals surface area (Å²) >= 11 is 0. The van der Waals surface area contributed by atoms with Crippen LogP contribution in [0.2, 0.25) is 0 Å². The molecular formula is C13H21NO5. The van der Waals surface area contributed by atoms with Crippen molar-refractivity contribution >= 4 is 18.0 Å². The van der Waals surface area contributed by atoms with Gasteiger partial charge in [0.2, 0.25) is 5.91 Å². The first-order chi connectivity index (χ1) is 8.76. The largest absolute Gasteiger partial charge is 0.465 e. The van der Waals surface area contributed by atoms with Crippen molar-refractivity contribution in [3.05, 3.63) is 0 Å². The van der Waals surface area contributed by atoms with Crippen LogP contribution in [0.25, 0.3) is 0 Å². The van der Waals surface area contributed by atoms with Gasteiger partial charge >= 0.3 is 12.1 Å². The van der Waals surface area contributed by atoms with Crippen LogP contribution in [0, 0.1) is 5.92 Å². The Kier molecular flexibility index (Phi) is 4.91. The van der Waals surface area contributed by atoms with Gasteiger partial charge in [-0.3, -0.25) is 9.59 Å². The van der Waals surface area contributed by atoms with Crippen molar-refractivity contribution in [2.45, 2.75) is 46.1 Å². The summed E-state index contributed by atoms with van der Waals surface area (Å²) in [5, 5.41) is 0. The molecule has 19 heavy (non-hydrogen) atoms. The van der Waals surface area contributed by atoms with Crippen LogP contribution in [0.1, 0.15) is 40.5 Å². The lowest BCUT2D eigenvalue weighted by molar-refractivity contribution is -0.157. The van der Waals surface area contributed by atoms with Crippen LogP contribution in [0.4, 0.5) is 4.79 Å². The summed E-state index contributed by atoms with van der Waals surface area (Å²) in [7, 11) is 0. The number of esters is 1. The quantitative estimate of drug-likeness (QED) is 0.565. The third-order valence-corrected chi connectivity index (χ3v) is 2.62. The number of imide groups is 1. The van der Waals surface area contributed by atoms with Gasteiger partial charge in [-0.15, -0.1) is 0 Å². The summed E-state index contributed by atoms with van der Waals surface area (Å²) < 4.78 is 9.99. The van der Waals surface area contributed by atoms with Gasteiger partial charge in [-0.05, 0) is 40.5 Å². The Morgan fingerprint density at radius 3 is 2.53 bits per heavy atom. The van der Waals surface area contributed by atoms with Gasteiger partial charge in [0.15, 0.2) is 0 Å². The summed E-state index contributed by atoms with van der Waals surface area (Å²) in [6.45, 7) is 7.35. The zero-order chi connectivity index (χ0) is 14.6. The Bertz CT molecular complexity index is 372. The number of nitrogens with zero attached hydrogens (tertiary/aromatic N) is 1. The van der Waals surface area contributed by atoms with E-state index in [4.69, 9.17) is 9.47 Å². The Hall–Kier alpha value is -1.59. The molecule has 1 saturated heterocycles. The van der Waals surface area contributed by atoms with E-state index in [1.54, 1.807) is 27.7 Å². The molecule has 1 rings (SSSR count). The Labute approximate surface area is 113 Å². The smallest absolute Gasteiger partial charge is 0.417 e. The molecule has 0 saturated carbocycles. The molecule has 2 amide bonds. The van der Waals surface area contributed by atoms with E-state index in [9.17, 15) is 14.4 Å². The molecule has 0 aromatic rings. The standard InChI is InChI=1S/C13H21NO5/c1-5-18-11(16)9-7-6-8-14(10(9)15)12(17)19-13(2,3)4/h9H,5-8H2,1-4H3. The second-order valence-electron chi connectivity index (χ2n) is 5.42. The Balaban J connectivity index is 2.73. The van der Waals surface area contributed by atoms with Crippen LogP contribution < -0.4 is 0 Å². The second-order valence-corrected chi connectivity index (χ2v) is 5.42. The summed E-state index contributed by atoms with van der Waals surface area (Å²) in [5.74, 6) is -1.99. The normalized spacial score (nSPS) is 20.1. The van der Waals surface area contributed by atoms with Gasteiger partial charge in [-0.25, -0.2) is 9.69 Å². The monoisotopic (exact) mass is 271 g/mol. The van der Waals surface area contributed by atoms with Gasteiger partial charge < -0.3 is 9.47 Å². The zero-order valence-corrected chi connectivity index (χ0v) is 11.9. The van der Waals surface area contributed by atoms with Gasteiger partial charge in [-0.1, -0.05) is 0 Å². The number of hydrogen-bond donors (Lipinski definition) is 0. The predicted octanol–water partition coefficient (Wildman–Crippen LogP) is 1.72. The van der Waals surface area contributed by atoms with Crippen LogP contribution in [0.15, 0.2) is 0 Å². The van der Waals surface area contributed by atoms with Crippen molar-refractivity contribution < 1.29 is 23.9 Å². The van der Waals surface area contributed by atoms with Crippen LogP contribution in [0.3, 0.4) is 0 Å². The maximum atomic E-state index is 12.1. The Morgan fingerprint density at radius 2 is 2.00 bits per heavy atom. The summed E-state index contributed by atoms with van der Waals surface area (Å²) in [5.41, 5.74) is -0.672. The van der Waals surface area contributed by atoms with E-state index < -0.39 is 29.5 Å². The molecule has 0 aliphatic carbocycles. The van der Waals surface area contributed by atoms with Crippen molar-refractivity contribution in [2.24, 2.45) is 5.92 Å². The molecule has 1 heterocycles. The highest BCUT2D eigenvalue weighted by Crippen LogP contribution is 2.21. The molecule has 0 radical (unpaired) electrons. The minimum absolute atomic E-state index is 0.217. The first-order valence-corrected chi connectivity index (χ1v) is 6.47. The molecule has 1 unspecified atom stereocenters. The van der Waals surface area contributed by atoms with E-state index >= 15 is 0 Å². The molecule has 1 fully saturated rings. The minimum Gasteiger partial charge on any atom is -0.465 e. The summed E-state index contributed by atoms with van der Waals surface area (Å²) in [6.07, 6.45) is 0.289. The third-order valence-electron chi connectivity index (χ3n) is 2.62. The predicted molar refractivity (Wildman–Crippen MR) is 67.3 cm³/mol. The molecule has 0 spiro atoms. The topological polar surface area (TPSA) is 72.9 Å². The molecule has 1 atom stereocenters. The second kappa shape index (κ2) is 6.04. The van der Waals surface area contributed by atoms with Gasteiger partial charge in [0.1, 0.15) is 11.5 Å². The maximum absolute atomic E-state index is 12.1. The van der Waals surface area contributed by atoms with Crippen LogP contribution in [-0.2, 0) is 19.1 Å². The van der Waals surface area contributed by atoms with Gasteiger partial charge in [0.05, 0.1) is 6.61 Å². The van der Waals surface area contributed by atoms with E-state index in [-0.39, 0.29) is 13.2 Å². The van der Waals surface area contributed by atoms with E-state index in [1.165, 1.54) is 0 Å². The number of piperidine rings is 1. The average molecular weight is 271 g/mol. The molecule has 1 aliphatic heterocycles. The first kappa shape index (κ1) is 15.5. The lowest BCUT2D eigenvalue weighted by Gasteiger charge is -2.31.